The molecule has 0 aromatic carbocycles. The molecule has 6 unspecified atom stereocenters. The fourth-order valence-corrected chi connectivity index (χ4v) is 5.60. The van der Waals surface area contributed by atoms with Crippen molar-refractivity contribution in [3.63, 3.8) is 0 Å². The minimum absolute atomic E-state index is 0.214. The van der Waals surface area contributed by atoms with E-state index < -0.39 is 0 Å². The normalized spacial score (nSPS) is 43.8. The van der Waals surface area contributed by atoms with Gasteiger partial charge in [0.25, 0.3) is 0 Å². The zero-order valence-corrected chi connectivity index (χ0v) is 14.0. The third-order valence-electron chi connectivity index (χ3n) is 7.04. The van der Waals surface area contributed by atoms with Gasteiger partial charge in [-0.2, -0.15) is 0 Å². The monoisotopic (exact) mass is 297 g/mol. The highest BCUT2D eigenvalue weighted by atomic mass is 16.2. The molecule has 22 heavy (non-hydrogen) atoms. The van der Waals surface area contributed by atoms with Gasteiger partial charge in [-0.1, -0.05) is 36.3 Å². The van der Waals surface area contributed by atoms with Crippen molar-refractivity contribution in [2.45, 2.75) is 45.6 Å². The Balaban J connectivity index is 1.71. The molecule has 2 saturated carbocycles. The number of carbonyl (C=O) groups excluding carboxylic acids is 1. The molecule has 118 valence electrons. The van der Waals surface area contributed by atoms with Crippen LogP contribution in [0.3, 0.4) is 0 Å². The van der Waals surface area contributed by atoms with E-state index in [-0.39, 0.29) is 5.91 Å². The molecule has 0 bridgehead atoms. The van der Waals surface area contributed by atoms with Crippen LogP contribution in [-0.2, 0) is 4.79 Å². The van der Waals surface area contributed by atoms with Gasteiger partial charge in [0.1, 0.15) is 0 Å². The molecule has 4 rings (SSSR count). The van der Waals surface area contributed by atoms with E-state index >= 15 is 0 Å². The minimum atomic E-state index is 0.214. The lowest BCUT2D eigenvalue weighted by molar-refractivity contribution is -0.127. The summed E-state index contributed by atoms with van der Waals surface area (Å²) < 4.78 is 0. The van der Waals surface area contributed by atoms with Crippen molar-refractivity contribution in [1.29, 1.82) is 0 Å². The van der Waals surface area contributed by atoms with Crippen molar-refractivity contribution in [2.24, 2.45) is 29.6 Å². The van der Waals surface area contributed by atoms with Crippen LogP contribution in [-0.4, -0.2) is 23.9 Å². The Morgan fingerprint density at radius 1 is 1.18 bits per heavy atom. The molecule has 0 N–H and O–H groups in total. The summed E-state index contributed by atoms with van der Waals surface area (Å²) in [6.07, 6.45) is 14.0. The van der Waals surface area contributed by atoms with Crippen molar-refractivity contribution < 1.29 is 4.79 Å². The lowest BCUT2D eigenvalue weighted by Crippen LogP contribution is -2.43. The Morgan fingerprint density at radius 3 is 2.82 bits per heavy atom. The molecule has 2 nitrogen and oxygen atoms in total. The number of nitrogens with zero attached hydrogens (tertiary/aromatic N) is 1. The fraction of sp³-hybridized carbons (Fsp3) is 0.650. The van der Waals surface area contributed by atoms with Gasteiger partial charge >= 0.3 is 0 Å². The van der Waals surface area contributed by atoms with Crippen LogP contribution in [0.25, 0.3) is 0 Å². The van der Waals surface area contributed by atoms with Gasteiger partial charge in [-0.3, -0.25) is 4.79 Å². The second kappa shape index (κ2) is 5.11. The predicted molar refractivity (Wildman–Crippen MR) is 89.1 cm³/mol. The smallest absolute Gasteiger partial charge is 0.246 e. The van der Waals surface area contributed by atoms with Crippen molar-refractivity contribution in [1.82, 2.24) is 4.90 Å². The first kappa shape index (κ1) is 14.3. The first-order chi connectivity index (χ1) is 10.6. The molecule has 2 heteroatoms. The fourth-order valence-electron chi connectivity index (χ4n) is 5.60. The molecule has 0 radical (unpaired) electrons. The molecule has 3 aliphatic carbocycles. The number of hydrogen-bond acceptors (Lipinski definition) is 1. The number of carbonyl (C=O) groups is 1. The molecule has 2 fully saturated rings. The summed E-state index contributed by atoms with van der Waals surface area (Å²) in [5.74, 6) is 3.59. The number of likely N-dealkylation sites (N-methyl/N-ethyl adjacent to an activating group) is 1. The standard InChI is InChI=1S/C20H27NO/c1-12-13(2)21(3)19(22)11-15-8-9-17-16-6-4-5-14(16)7-10-18(17)20(12)15/h4-6,11-14,17-18,20H,7-10H2,1-3H3. The van der Waals surface area contributed by atoms with Crippen molar-refractivity contribution in [2.75, 3.05) is 7.05 Å². The zero-order valence-electron chi connectivity index (χ0n) is 14.0. The Kier molecular flexibility index (Phi) is 3.32. The minimum Gasteiger partial charge on any atom is -0.339 e. The topological polar surface area (TPSA) is 20.3 Å². The van der Waals surface area contributed by atoms with Gasteiger partial charge in [0.15, 0.2) is 0 Å². The van der Waals surface area contributed by atoms with E-state index in [4.69, 9.17) is 0 Å². The Labute approximate surface area is 134 Å². The van der Waals surface area contributed by atoms with Crippen molar-refractivity contribution >= 4 is 5.91 Å². The zero-order chi connectivity index (χ0) is 15.4. The van der Waals surface area contributed by atoms with E-state index in [2.05, 4.69) is 32.1 Å². The number of fused-ring (bicyclic) bond motifs is 5. The highest BCUT2D eigenvalue weighted by Gasteiger charge is 2.47. The van der Waals surface area contributed by atoms with Gasteiger partial charge in [-0.15, -0.1) is 0 Å². The summed E-state index contributed by atoms with van der Waals surface area (Å²) in [5.41, 5.74) is 3.14. The second-order valence-electron chi connectivity index (χ2n) is 7.84. The molecular weight excluding hydrogens is 270 g/mol. The molecule has 0 aromatic heterocycles. The average Bonchev–Trinajstić information content (AvgIpc) is 2.98. The summed E-state index contributed by atoms with van der Waals surface area (Å²) in [6.45, 7) is 4.60. The number of amides is 1. The molecule has 0 saturated heterocycles. The Morgan fingerprint density at radius 2 is 2.00 bits per heavy atom. The maximum atomic E-state index is 12.4. The first-order valence-electron chi connectivity index (χ1n) is 8.93. The van der Waals surface area contributed by atoms with Crippen LogP contribution in [0, 0.1) is 29.6 Å². The summed E-state index contributed by atoms with van der Waals surface area (Å²) in [6, 6.07) is 0.332. The van der Waals surface area contributed by atoms with E-state index in [1.807, 2.05) is 18.0 Å². The van der Waals surface area contributed by atoms with Crippen LogP contribution >= 0.6 is 0 Å². The predicted octanol–water partition coefficient (Wildman–Crippen LogP) is 3.96. The number of rotatable bonds is 0. The Hall–Kier alpha value is -1.31. The van der Waals surface area contributed by atoms with Crippen LogP contribution in [0.2, 0.25) is 0 Å². The molecule has 6 atom stereocenters. The van der Waals surface area contributed by atoms with Crippen LogP contribution in [0.1, 0.15) is 39.5 Å². The summed E-state index contributed by atoms with van der Waals surface area (Å²) >= 11 is 0. The summed E-state index contributed by atoms with van der Waals surface area (Å²) in [7, 11) is 1.97. The molecular formula is C20H27NO. The largest absolute Gasteiger partial charge is 0.339 e. The van der Waals surface area contributed by atoms with Gasteiger partial charge in [-0.05, 0) is 62.2 Å². The van der Waals surface area contributed by atoms with Gasteiger partial charge in [0.05, 0.1) is 0 Å². The molecule has 1 aliphatic heterocycles. The molecule has 1 heterocycles. The van der Waals surface area contributed by atoms with E-state index in [0.29, 0.717) is 17.9 Å². The summed E-state index contributed by atoms with van der Waals surface area (Å²) in [4.78, 5) is 14.3. The molecule has 4 aliphatic rings. The quantitative estimate of drug-likeness (QED) is 0.663. The third kappa shape index (κ3) is 1.96. The highest BCUT2D eigenvalue weighted by Crippen LogP contribution is 2.54. The third-order valence-corrected chi connectivity index (χ3v) is 7.04. The highest BCUT2D eigenvalue weighted by molar-refractivity contribution is 5.89. The maximum Gasteiger partial charge on any atom is 0.246 e. The maximum absolute atomic E-state index is 12.4. The van der Waals surface area contributed by atoms with Gasteiger partial charge in [0.2, 0.25) is 5.91 Å². The number of allylic oxidation sites excluding steroid dienone is 5. The van der Waals surface area contributed by atoms with Gasteiger partial charge in [0, 0.05) is 19.2 Å². The van der Waals surface area contributed by atoms with E-state index in [1.54, 1.807) is 5.57 Å². The van der Waals surface area contributed by atoms with Crippen LogP contribution < -0.4 is 0 Å². The van der Waals surface area contributed by atoms with Crippen molar-refractivity contribution in [3.05, 3.63) is 35.5 Å². The van der Waals surface area contributed by atoms with Crippen LogP contribution in [0.15, 0.2) is 35.5 Å². The average molecular weight is 297 g/mol. The second-order valence-corrected chi connectivity index (χ2v) is 7.84. The van der Waals surface area contributed by atoms with Crippen LogP contribution in [0.5, 0.6) is 0 Å². The lowest BCUT2D eigenvalue weighted by atomic mass is 9.57. The SMILES string of the molecule is CC1C2C(=CC(=O)N(C)C1C)CCC1C3=CC=CC3CCC12. The molecule has 0 spiro atoms. The summed E-state index contributed by atoms with van der Waals surface area (Å²) in [5, 5.41) is 0. The van der Waals surface area contributed by atoms with Gasteiger partial charge in [-0.25, -0.2) is 0 Å². The van der Waals surface area contributed by atoms with Crippen LogP contribution in [0.4, 0.5) is 0 Å². The Bertz CT molecular complexity index is 585. The lowest BCUT2D eigenvalue weighted by Gasteiger charge is -2.48. The number of hydrogen-bond donors (Lipinski definition) is 0. The van der Waals surface area contributed by atoms with E-state index in [0.717, 1.165) is 24.2 Å². The van der Waals surface area contributed by atoms with Gasteiger partial charge < -0.3 is 4.90 Å². The first-order valence-corrected chi connectivity index (χ1v) is 8.93. The van der Waals surface area contributed by atoms with E-state index in [9.17, 15) is 4.79 Å². The van der Waals surface area contributed by atoms with E-state index in [1.165, 1.54) is 24.8 Å². The van der Waals surface area contributed by atoms with Crippen molar-refractivity contribution in [3.8, 4) is 0 Å². The molecule has 0 aromatic rings. The molecule has 1 amide bonds.